The first kappa shape index (κ1) is 17.9. The number of carbonyl (C=O) groups excluding carboxylic acids is 1. The van der Waals surface area contributed by atoms with E-state index >= 15 is 0 Å². The van der Waals surface area contributed by atoms with Crippen LogP contribution >= 0.6 is 0 Å². The van der Waals surface area contributed by atoms with Crippen LogP contribution in [0.4, 0.5) is 8.78 Å². The maximum atomic E-state index is 12.4. The second-order valence-corrected chi connectivity index (χ2v) is 5.84. The molecule has 0 saturated heterocycles. The molecule has 26 heavy (non-hydrogen) atoms. The fraction of sp³-hybridized carbons (Fsp3) is 0.278. The van der Waals surface area contributed by atoms with Gasteiger partial charge in [-0.3, -0.25) is 14.8 Å². The Morgan fingerprint density at radius 1 is 1.31 bits per heavy atom. The number of hydrogen-bond acceptors (Lipinski definition) is 5. The van der Waals surface area contributed by atoms with Crippen LogP contribution in [-0.2, 0) is 22.5 Å². The number of benzene rings is 1. The monoisotopic (exact) mass is 360 g/mol. The standard InChI is InChI=1S/C18H18F2N4O2/c19-18(20)26-10-15(11-4-2-1-3-5-11)24-16(25)7-13-6-12-8-23-17(21)14(12)9-22-13/h1-6,9,15,18H,7-8,10H2,(H2,21,23)(H,24,25)/t15-/m1/s1. The number of amides is 1. The Bertz CT molecular complexity index is 812. The first-order valence-electron chi connectivity index (χ1n) is 8.05. The number of nitrogens with two attached hydrogens (primary N) is 1. The number of alkyl halides is 2. The van der Waals surface area contributed by atoms with E-state index in [1.165, 1.54) is 0 Å². The summed E-state index contributed by atoms with van der Waals surface area (Å²) in [5.74, 6) is 0.104. The number of halogens is 2. The zero-order chi connectivity index (χ0) is 18.5. The number of rotatable bonds is 7. The highest BCUT2D eigenvalue weighted by Crippen LogP contribution is 2.18. The fourth-order valence-corrected chi connectivity index (χ4v) is 2.75. The molecule has 0 unspecified atom stereocenters. The smallest absolute Gasteiger partial charge is 0.345 e. The lowest BCUT2D eigenvalue weighted by atomic mass is 10.1. The van der Waals surface area contributed by atoms with E-state index in [1.807, 2.05) is 0 Å². The molecule has 2 heterocycles. The van der Waals surface area contributed by atoms with E-state index < -0.39 is 12.7 Å². The number of fused-ring (bicyclic) bond motifs is 1. The lowest BCUT2D eigenvalue weighted by molar-refractivity contribution is -0.138. The van der Waals surface area contributed by atoms with Crippen LogP contribution in [0.25, 0.3) is 0 Å². The lowest BCUT2D eigenvalue weighted by Crippen LogP contribution is -2.33. The molecule has 1 aliphatic heterocycles. The number of aliphatic imine (C=N–C) groups is 1. The van der Waals surface area contributed by atoms with Gasteiger partial charge in [0.2, 0.25) is 5.91 Å². The number of aromatic nitrogens is 1. The first-order chi connectivity index (χ1) is 12.5. The molecule has 0 radical (unpaired) electrons. The minimum atomic E-state index is -2.90. The minimum absolute atomic E-state index is 0.0190. The van der Waals surface area contributed by atoms with Crippen molar-refractivity contribution in [2.75, 3.05) is 6.61 Å². The Hall–Kier alpha value is -2.87. The van der Waals surface area contributed by atoms with Crippen LogP contribution < -0.4 is 11.1 Å². The molecule has 6 nitrogen and oxygen atoms in total. The summed E-state index contributed by atoms with van der Waals surface area (Å²) in [6.45, 7) is -2.76. The average molecular weight is 360 g/mol. The van der Waals surface area contributed by atoms with E-state index in [0.717, 1.165) is 11.1 Å². The molecule has 1 aromatic carbocycles. The number of nitrogens with one attached hydrogen (secondary N) is 1. The van der Waals surface area contributed by atoms with E-state index in [2.05, 4.69) is 20.0 Å². The molecule has 1 amide bonds. The van der Waals surface area contributed by atoms with Gasteiger partial charge in [0.15, 0.2) is 0 Å². The van der Waals surface area contributed by atoms with Crippen molar-refractivity contribution in [2.45, 2.75) is 25.6 Å². The highest BCUT2D eigenvalue weighted by Gasteiger charge is 2.19. The molecule has 0 saturated carbocycles. The Balaban J connectivity index is 1.66. The van der Waals surface area contributed by atoms with Crippen molar-refractivity contribution in [3.05, 3.63) is 65.0 Å². The number of carbonyl (C=O) groups is 1. The Labute approximate surface area is 149 Å². The van der Waals surface area contributed by atoms with Crippen LogP contribution in [-0.4, -0.2) is 29.9 Å². The molecule has 136 valence electrons. The Morgan fingerprint density at radius 2 is 2.08 bits per heavy atom. The maximum Gasteiger partial charge on any atom is 0.345 e. The molecule has 0 spiro atoms. The van der Waals surface area contributed by atoms with E-state index in [9.17, 15) is 13.6 Å². The van der Waals surface area contributed by atoms with Crippen LogP contribution in [0.5, 0.6) is 0 Å². The fourth-order valence-electron chi connectivity index (χ4n) is 2.75. The summed E-state index contributed by atoms with van der Waals surface area (Å²) in [5.41, 5.74) is 8.69. The third-order valence-corrected chi connectivity index (χ3v) is 4.01. The predicted octanol–water partition coefficient (Wildman–Crippen LogP) is 1.94. The van der Waals surface area contributed by atoms with Crippen molar-refractivity contribution < 1.29 is 18.3 Å². The van der Waals surface area contributed by atoms with Crippen LogP contribution in [0.1, 0.15) is 28.4 Å². The molecule has 0 aliphatic carbocycles. The van der Waals surface area contributed by atoms with E-state index in [0.29, 0.717) is 23.6 Å². The molecule has 1 atom stereocenters. The first-order valence-corrected chi connectivity index (χ1v) is 8.05. The highest BCUT2D eigenvalue weighted by atomic mass is 19.3. The summed E-state index contributed by atoms with van der Waals surface area (Å²) >= 11 is 0. The van der Waals surface area contributed by atoms with E-state index in [-0.39, 0.29) is 18.9 Å². The molecule has 3 N–H and O–H groups in total. The normalized spacial score (nSPS) is 14.0. The van der Waals surface area contributed by atoms with Crippen molar-refractivity contribution in [2.24, 2.45) is 10.7 Å². The molecule has 1 aliphatic rings. The van der Waals surface area contributed by atoms with Gasteiger partial charge in [0.25, 0.3) is 0 Å². The quantitative estimate of drug-likeness (QED) is 0.790. The topological polar surface area (TPSA) is 89.6 Å². The van der Waals surface area contributed by atoms with Gasteiger partial charge in [-0.05, 0) is 17.2 Å². The molecular weight excluding hydrogens is 342 g/mol. The number of ether oxygens (including phenoxy) is 1. The lowest BCUT2D eigenvalue weighted by Gasteiger charge is -2.19. The van der Waals surface area contributed by atoms with Crippen molar-refractivity contribution in [3.8, 4) is 0 Å². The molecule has 2 aromatic rings. The average Bonchev–Trinajstić information content (AvgIpc) is 2.99. The third-order valence-electron chi connectivity index (χ3n) is 4.01. The van der Waals surface area contributed by atoms with Gasteiger partial charge in [-0.15, -0.1) is 0 Å². The zero-order valence-electron chi connectivity index (χ0n) is 13.9. The van der Waals surface area contributed by atoms with Gasteiger partial charge < -0.3 is 15.8 Å². The van der Waals surface area contributed by atoms with Crippen LogP contribution in [0.2, 0.25) is 0 Å². The van der Waals surface area contributed by atoms with Gasteiger partial charge in [-0.1, -0.05) is 30.3 Å². The summed E-state index contributed by atoms with van der Waals surface area (Å²) in [7, 11) is 0. The maximum absolute atomic E-state index is 12.4. The van der Waals surface area contributed by atoms with Gasteiger partial charge in [-0.25, -0.2) is 0 Å². The van der Waals surface area contributed by atoms with E-state index in [4.69, 9.17) is 5.73 Å². The van der Waals surface area contributed by atoms with Crippen LogP contribution in [0.15, 0.2) is 47.6 Å². The third kappa shape index (κ3) is 4.40. The number of nitrogens with zero attached hydrogens (tertiary/aromatic N) is 2. The number of hydrogen-bond donors (Lipinski definition) is 2. The molecule has 0 fully saturated rings. The van der Waals surface area contributed by atoms with E-state index in [1.54, 1.807) is 42.6 Å². The zero-order valence-corrected chi connectivity index (χ0v) is 13.9. The predicted molar refractivity (Wildman–Crippen MR) is 91.7 cm³/mol. The van der Waals surface area contributed by atoms with Crippen molar-refractivity contribution in [1.29, 1.82) is 0 Å². The molecule has 0 bridgehead atoms. The van der Waals surface area contributed by atoms with Gasteiger partial charge in [0.05, 0.1) is 31.3 Å². The largest absolute Gasteiger partial charge is 0.383 e. The Kier molecular flexibility index (Phi) is 5.52. The number of pyridine rings is 1. The Morgan fingerprint density at radius 3 is 2.81 bits per heavy atom. The van der Waals surface area contributed by atoms with Crippen molar-refractivity contribution in [3.63, 3.8) is 0 Å². The second kappa shape index (κ2) is 8.01. The molecule has 3 rings (SSSR count). The molecule has 8 heteroatoms. The summed E-state index contributed by atoms with van der Waals surface area (Å²) in [5, 5.41) is 2.72. The molecular formula is C18H18F2N4O2. The van der Waals surface area contributed by atoms with Crippen molar-refractivity contribution in [1.82, 2.24) is 10.3 Å². The van der Waals surface area contributed by atoms with Crippen LogP contribution in [0, 0.1) is 0 Å². The molecule has 1 aromatic heterocycles. The van der Waals surface area contributed by atoms with Gasteiger partial charge in [0, 0.05) is 11.8 Å². The summed E-state index contributed by atoms with van der Waals surface area (Å²) in [6, 6.07) is 9.93. The van der Waals surface area contributed by atoms with Gasteiger partial charge in [0.1, 0.15) is 5.84 Å². The van der Waals surface area contributed by atoms with Gasteiger partial charge in [-0.2, -0.15) is 8.78 Å². The summed E-state index contributed by atoms with van der Waals surface area (Å²) < 4.78 is 29.2. The SMILES string of the molecule is NC1=NCc2cc(CC(=O)N[C@H](COC(F)F)c3ccccc3)ncc21. The van der Waals surface area contributed by atoms with Gasteiger partial charge >= 0.3 is 6.61 Å². The number of amidine groups is 1. The second-order valence-electron chi connectivity index (χ2n) is 5.84. The summed E-state index contributed by atoms with van der Waals surface area (Å²) in [4.78, 5) is 20.7. The van der Waals surface area contributed by atoms with Crippen molar-refractivity contribution >= 4 is 11.7 Å². The summed E-state index contributed by atoms with van der Waals surface area (Å²) in [6.07, 6.45) is 1.61. The van der Waals surface area contributed by atoms with Crippen LogP contribution in [0.3, 0.4) is 0 Å². The minimum Gasteiger partial charge on any atom is -0.383 e. The highest BCUT2D eigenvalue weighted by molar-refractivity contribution is 6.00.